The quantitative estimate of drug-likeness (QED) is 0.508. The number of nitrogens with one attached hydrogen (secondary N) is 3. The van der Waals surface area contributed by atoms with E-state index in [-0.39, 0.29) is 5.82 Å². The van der Waals surface area contributed by atoms with Gasteiger partial charge in [0.25, 0.3) is 0 Å². The SMILES string of the molecule is COCC(C)NC1CCC(Nc2cc(-c3cc(NCC4(C)CC4)ncn3)c(F)cn2)CC1. The molecule has 1 atom stereocenters. The van der Waals surface area contributed by atoms with Crippen LogP contribution in [0.2, 0.25) is 0 Å². The predicted octanol–water partition coefficient (Wildman–Crippen LogP) is 4.24. The van der Waals surface area contributed by atoms with Gasteiger partial charge >= 0.3 is 0 Å². The number of anilines is 2. The van der Waals surface area contributed by atoms with E-state index in [2.05, 4.69) is 44.7 Å². The molecule has 4 rings (SSSR count). The van der Waals surface area contributed by atoms with Crippen LogP contribution in [0.25, 0.3) is 11.3 Å². The van der Waals surface area contributed by atoms with Gasteiger partial charge in [-0.1, -0.05) is 6.92 Å². The van der Waals surface area contributed by atoms with Gasteiger partial charge in [-0.15, -0.1) is 0 Å². The average molecular weight is 443 g/mol. The average Bonchev–Trinajstić information content (AvgIpc) is 3.53. The molecule has 0 saturated heterocycles. The first kappa shape index (κ1) is 22.9. The molecule has 7 nitrogen and oxygen atoms in total. The molecule has 0 bridgehead atoms. The zero-order valence-electron chi connectivity index (χ0n) is 19.3. The first-order valence-electron chi connectivity index (χ1n) is 11.7. The van der Waals surface area contributed by atoms with Gasteiger partial charge in [-0.25, -0.2) is 19.3 Å². The summed E-state index contributed by atoms with van der Waals surface area (Å²) in [6, 6.07) is 4.77. The molecule has 2 aromatic rings. The van der Waals surface area contributed by atoms with Gasteiger partial charge in [0.2, 0.25) is 0 Å². The monoisotopic (exact) mass is 442 g/mol. The van der Waals surface area contributed by atoms with Gasteiger partial charge in [0.05, 0.1) is 18.5 Å². The molecular weight excluding hydrogens is 407 g/mol. The lowest BCUT2D eigenvalue weighted by Gasteiger charge is -2.31. The van der Waals surface area contributed by atoms with Crippen molar-refractivity contribution in [2.75, 3.05) is 30.9 Å². The minimum absolute atomic E-state index is 0.332. The second-order valence-corrected chi connectivity index (χ2v) is 9.72. The number of rotatable bonds is 10. The lowest BCUT2D eigenvalue weighted by atomic mass is 9.90. The maximum absolute atomic E-state index is 14.6. The van der Waals surface area contributed by atoms with Gasteiger partial charge in [0.15, 0.2) is 5.82 Å². The van der Waals surface area contributed by atoms with E-state index in [9.17, 15) is 4.39 Å². The van der Waals surface area contributed by atoms with E-state index in [1.54, 1.807) is 13.2 Å². The molecule has 32 heavy (non-hydrogen) atoms. The Morgan fingerprint density at radius 3 is 2.56 bits per heavy atom. The second kappa shape index (κ2) is 10.1. The molecule has 2 saturated carbocycles. The Balaban J connectivity index is 1.36. The van der Waals surface area contributed by atoms with E-state index in [0.29, 0.717) is 40.6 Å². The summed E-state index contributed by atoms with van der Waals surface area (Å²) < 4.78 is 19.8. The Morgan fingerprint density at radius 1 is 1.09 bits per heavy atom. The molecule has 8 heteroatoms. The molecule has 2 fully saturated rings. The van der Waals surface area contributed by atoms with E-state index in [1.807, 2.05) is 6.07 Å². The summed E-state index contributed by atoms with van der Waals surface area (Å²) in [4.78, 5) is 12.9. The molecule has 0 radical (unpaired) electrons. The molecule has 3 N–H and O–H groups in total. The van der Waals surface area contributed by atoms with E-state index in [0.717, 1.165) is 44.7 Å². The van der Waals surface area contributed by atoms with Gasteiger partial charge in [0, 0.05) is 43.4 Å². The highest BCUT2D eigenvalue weighted by Crippen LogP contribution is 2.44. The summed E-state index contributed by atoms with van der Waals surface area (Å²) in [5, 5.41) is 10.5. The summed E-state index contributed by atoms with van der Waals surface area (Å²) in [5.74, 6) is 1.03. The Hall–Kier alpha value is -2.32. The number of ether oxygens (including phenoxy) is 1. The van der Waals surface area contributed by atoms with Crippen molar-refractivity contribution in [2.24, 2.45) is 5.41 Å². The van der Waals surface area contributed by atoms with Crippen molar-refractivity contribution in [1.29, 1.82) is 0 Å². The molecule has 2 aliphatic carbocycles. The molecule has 0 amide bonds. The van der Waals surface area contributed by atoms with Crippen LogP contribution < -0.4 is 16.0 Å². The molecule has 174 valence electrons. The highest BCUT2D eigenvalue weighted by Gasteiger charge is 2.36. The van der Waals surface area contributed by atoms with Crippen LogP contribution in [0.15, 0.2) is 24.7 Å². The van der Waals surface area contributed by atoms with Crippen molar-refractivity contribution < 1.29 is 9.13 Å². The normalized spacial score (nSPS) is 22.9. The van der Waals surface area contributed by atoms with Crippen LogP contribution in [-0.2, 0) is 4.74 Å². The maximum Gasteiger partial charge on any atom is 0.151 e. The fourth-order valence-corrected chi connectivity index (χ4v) is 4.32. The van der Waals surface area contributed by atoms with Crippen LogP contribution >= 0.6 is 0 Å². The minimum Gasteiger partial charge on any atom is -0.383 e. The Bertz CT molecular complexity index is 898. The third kappa shape index (κ3) is 6.13. The maximum atomic E-state index is 14.6. The number of pyridine rings is 1. The summed E-state index contributed by atoms with van der Waals surface area (Å²) in [7, 11) is 1.73. The van der Waals surface area contributed by atoms with Gasteiger partial charge in [-0.05, 0) is 56.9 Å². The van der Waals surface area contributed by atoms with Crippen LogP contribution in [0.1, 0.15) is 52.4 Å². The zero-order chi connectivity index (χ0) is 22.6. The van der Waals surface area contributed by atoms with Crippen molar-refractivity contribution >= 4 is 11.6 Å². The smallest absolute Gasteiger partial charge is 0.151 e. The predicted molar refractivity (Wildman–Crippen MR) is 125 cm³/mol. The van der Waals surface area contributed by atoms with Crippen LogP contribution in [0.3, 0.4) is 0 Å². The highest BCUT2D eigenvalue weighted by atomic mass is 19.1. The lowest BCUT2D eigenvalue weighted by molar-refractivity contribution is 0.161. The summed E-state index contributed by atoms with van der Waals surface area (Å²) >= 11 is 0. The number of hydrogen-bond acceptors (Lipinski definition) is 7. The topological polar surface area (TPSA) is 84.0 Å². The Labute approximate surface area is 190 Å². The lowest BCUT2D eigenvalue weighted by Crippen LogP contribution is -2.42. The second-order valence-electron chi connectivity index (χ2n) is 9.72. The Kier molecular flexibility index (Phi) is 7.20. The number of nitrogens with zero attached hydrogens (tertiary/aromatic N) is 3. The van der Waals surface area contributed by atoms with E-state index in [4.69, 9.17) is 4.74 Å². The number of methoxy groups -OCH3 is 1. The van der Waals surface area contributed by atoms with E-state index < -0.39 is 0 Å². The van der Waals surface area contributed by atoms with Crippen LogP contribution in [-0.4, -0.2) is 53.3 Å². The van der Waals surface area contributed by atoms with Crippen molar-refractivity contribution in [3.8, 4) is 11.3 Å². The number of halogens is 1. The van der Waals surface area contributed by atoms with Gasteiger partial charge < -0.3 is 20.7 Å². The number of hydrogen-bond donors (Lipinski definition) is 3. The van der Waals surface area contributed by atoms with Crippen molar-refractivity contribution in [1.82, 2.24) is 20.3 Å². The van der Waals surface area contributed by atoms with Crippen LogP contribution in [0.5, 0.6) is 0 Å². The van der Waals surface area contributed by atoms with Crippen LogP contribution in [0.4, 0.5) is 16.0 Å². The molecule has 0 aromatic carbocycles. The van der Waals surface area contributed by atoms with Crippen molar-refractivity contribution in [3.05, 3.63) is 30.5 Å². The minimum atomic E-state index is -0.380. The highest BCUT2D eigenvalue weighted by molar-refractivity contribution is 5.65. The van der Waals surface area contributed by atoms with Gasteiger partial charge in [0.1, 0.15) is 18.0 Å². The first-order valence-corrected chi connectivity index (χ1v) is 11.7. The summed E-state index contributed by atoms with van der Waals surface area (Å²) in [6.07, 6.45) is 9.51. The molecule has 2 aliphatic rings. The standard InChI is InChI=1S/C24H35FN6O/c1-16(13-32-3)30-17-4-6-18(7-5-17)31-23-10-19(20(25)12-26-23)21-11-22(29-15-28-21)27-14-24(2)8-9-24/h10-12,15-18,30H,4-9,13-14H2,1-3H3,(H,26,31)(H,27,28,29). The molecule has 2 aromatic heterocycles. The molecule has 0 spiro atoms. The largest absolute Gasteiger partial charge is 0.383 e. The van der Waals surface area contributed by atoms with E-state index in [1.165, 1.54) is 25.4 Å². The third-order valence-corrected chi connectivity index (χ3v) is 6.61. The zero-order valence-corrected chi connectivity index (χ0v) is 19.3. The Morgan fingerprint density at radius 2 is 1.84 bits per heavy atom. The molecule has 0 aliphatic heterocycles. The van der Waals surface area contributed by atoms with Gasteiger partial charge in [-0.3, -0.25) is 0 Å². The molecule has 2 heterocycles. The third-order valence-electron chi connectivity index (χ3n) is 6.61. The fourth-order valence-electron chi connectivity index (χ4n) is 4.32. The van der Waals surface area contributed by atoms with E-state index >= 15 is 0 Å². The molecule has 1 unspecified atom stereocenters. The van der Waals surface area contributed by atoms with Crippen molar-refractivity contribution in [2.45, 2.75) is 70.5 Å². The van der Waals surface area contributed by atoms with Crippen molar-refractivity contribution in [3.63, 3.8) is 0 Å². The molecular formula is C24H35FN6O. The summed E-state index contributed by atoms with van der Waals surface area (Å²) in [5.41, 5.74) is 1.36. The fraction of sp³-hybridized carbons (Fsp3) is 0.625. The number of aromatic nitrogens is 3. The first-order chi connectivity index (χ1) is 15.4. The van der Waals surface area contributed by atoms with Crippen LogP contribution in [0, 0.1) is 11.2 Å². The summed E-state index contributed by atoms with van der Waals surface area (Å²) in [6.45, 7) is 6.00. The van der Waals surface area contributed by atoms with Gasteiger partial charge in [-0.2, -0.15) is 0 Å².